The molecule has 0 saturated heterocycles. The van der Waals surface area contributed by atoms with E-state index in [2.05, 4.69) is 47.7 Å². The number of carbonyl (C=O) groups excluding carboxylic acids is 1. The number of carbonyl (C=O) groups is 1. The third kappa shape index (κ3) is 4.90. The molecule has 0 unspecified atom stereocenters. The van der Waals surface area contributed by atoms with E-state index in [0.717, 1.165) is 6.42 Å². The third-order valence-corrected chi connectivity index (χ3v) is 10.0. The van der Waals surface area contributed by atoms with Crippen LogP contribution in [0.1, 0.15) is 53.9 Å². The molecular weight excluding hydrogens is 280 g/mol. The average molecular weight is 315 g/mol. The van der Waals surface area contributed by atoms with Gasteiger partial charge in [0.2, 0.25) is 0 Å². The standard InChI is InChI=1S/C17H34O3Si/c1-12(2)15(11-20-21(6,7)17(3,4)5)14-9-8-13(18)10-16(14)19/h12,14-16,19H,8-11H2,1-7H3/t14-,15+,16+/m1/s1. The maximum atomic E-state index is 11.5. The molecule has 0 spiro atoms. The minimum atomic E-state index is -1.76. The van der Waals surface area contributed by atoms with Crippen LogP contribution >= 0.6 is 0 Å². The molecule has 0 aromatic rings. The molecule has 1 fully saturated rings. The number of rotatable bonds is 5. The van der Waals surface area contributed by atoms with Crippen LogP contribution in [-0.4, -0.2) is 31.9 Å². The van der Waals surface area contributed by atoms with Crippen LogP contribution in [0.4, 0.5) is 0 Å². The Labute approximate surface area is 131 Å². The van der Waals surface area contributed by atoms with Gasteiger partial charge in [0.15, 0.2) is 8.32 Å². The van der Waals surface area contributed by atoms with Gasteiger partial charge in [-0.15, -0.1) is 0 Å². The Morgan fingerprint density at radius 1 is 1.33 bits per heavy atom. The topological polar surface area (TPSA) is 46.5 Å². The van der Waals surface area contributed by atoms with Gasteiger partial charge in [-0.2, -0.15) is 0 Å². The molecule has 4 heteroatoms. The predicted molar refractivity (Wildman–Crippen MR) is 89.8 cm³/mol. The third-order valence-electron chi connectivity index (χ3n) is 5.54. The summed E-state index contributed by atoms with van der Waals surface area (Å²) >= 11 is 0. The van der Waals surface area contributed by atoms with Crippen molar-refractivity contribution in [1.82, 2.24) is 0 Å². The number of aliphatic hydroxyl groups excluding tert-OH is 1. The highest BCUT2D eigenvalue weighted by Gasteiger charge is 2.40. The Balaban J connectivity index is 2.73. The largest absolute Gasteiger partial charge is 0.417 e. The van der Waals surface area contributed by atoms with E-state index in [-0.39, 0.29) is 16.7 Å². The molecule has 0 bridgehead atoms. The average Bonchev–Trinajstić information content (AvgIpc) is 2.29. The highest BCUT2D eigenvalue weighted by molar-refractivity contribution is 6.74. The molecule has 1 N–H and O–H groups in total. The van der Waals surface area contributed by atoms with Crippen molar-refractivity contribution in [1.29, 1.82) is 0 Å². The van der Waals surface area contributed by atoms with E-state index >= 15 is 0 Å². The van der Waals surface area contributed by atoms with E-state index < -0.39 is 14.4 Å². The summed E-state index contributed by atoms with van der Waals surface area (Å²) < 4.78 is 6.39. The first-order valence-corrected chi connectivity index (χ1v) is 11.2. The predicted octanol–water partition coefficient (Wildman–Crippen LogP) is 4.01. The summed E-state index contributed by atoms with van der Waals surface area (Å²) in [7, 11) is -1.76. The van der Waals surface area contributed by atoms with Gasteiger partial charge in [0.1, 0.15) is 5.78 Å². The molecule has 3 nitrogen and oxygen atoms in total. The van der Waals surface area contributed by atoms with Gasteiger partial charge in [0.25, 0.3) is 0 Å². The Morgan fingerprint density at radius 2 is 1.90 bits per heavy atom. The van der Waals surface area contributed by atoms with Crippen molar-refractivity contribution in [3.63, 3.8) is 0 Å². The fourth-order valence-corrected chi connectivity index (χ4v) is 3.88. The van der Waals surface area contributed by atoms with E-state index in [1.807, 2.05) is 0 Å². The zero-order valence-electron chi connectivity index (χ0n) is 14.9. The Bertz CT molecular complexity index is 358. The van der Waals surface area contributed by atoms with Gasteiger partial charge in [-0.05, 0) is 42.3 Å². The summed E-state index contributed by atoms with van der Waals surface area (Å²) in [6.45, 7) is 16.4. The normalized spacial score (nSPS) is 26.2. The molecule has 0 aliphatic heterocycles. The van der Waals surface area contributed by atoms with Crippen LogP contribution in [0.2, 0.25) is 18.1 Å². The van der Waals surface area contributed by atoms with Gasteiger partial charge in [-0.3, -0.25) is 4.79 Å². The van der Waals surface area contributed by atoms with E-state index in [0.29, 0.717) is 31.3 Å². The van der Waals surface area contributed by atoms with Crippen molar-refractivity contribution in [3.05, 3.63) is 0 Å². The van der Waals surface area contributed by atoms with Crippen LogP contribution in [0.3, 0.4) is 0 Å². The second-order valence-electron chi connectivity index (χ2n) is 8.49. The molecular formula is C17H34O3Si. The smallest absolute Gasteiger partial charge is 0.191 e. The summed E-state index contributed by atoms with van der Waals surface area (Å²) in [6.07, 6.45) is 1.27. The number of ketones is 1. The highest BCUT2D eigenvalue weighted by atomic mass is 28.4. The highest BCUT2D eigenvalue weighted by Crippen LogP contribution is 2.39. The SMILES string of the molecule is CC(C)[C@H](CO[Si](C)(C)C(C)(C)C)[C@H]1CCC(=O)C[C@@H]1O. The lowest BCUT2D eigenvalue weighted by Gasteiger charge is -2.41. The second kappa shape index (κ2) is 6.92. The van der Waals surface area contributed by atoms with Crippen molar-refractivity contribution < 1.29 is 14.3 Å². The zero-order valence-corrected chi connectivity index (χ0v) is 15.9. The Kier molecular flexibility index (Phi) is 6.22. The van der Waals surface area contributed by atoms with E-state index in [1.54, 1.807) is 0 Å². The van der Waals surface area contributed by atoms with E-state index in [4.69, 9.17) is 4.43 Å². The van der Waals surface area contributed by atoms with Crippen molar-refractivity contribution >= 4 is 14.1 Å². The van der Waals surface area contributed by atoms with Crippen molar-refractivity contribution in [2.24, 2.45) is 17.8 Å². The molecule has 1 aliphatic rings. The molecule has 1 rings (SSSR count). The van der Waals surface area contributed by atoms with Crippen molar-refractivity contribution in [3.8, 4) is 0 Å². The summed E-state index contributed by atoms with van der Waals surface area (Å²) in [5.41, 5.74) is 0. The molecule has 0 radical (unpaired) electrons. The van der Waals surface area contributed by atoms with Crippen molar-refractivity contribution in [2.75, 3.05) is 6.61 Å². The van der Waals surface area contributed by atoms with Crippen LogP contribution in [0.15, 0.2) is 0 Å². The number of Topliss-reactive ketones (excluding diaryl/α,β-unsaturated/α-hetero) is 1. The lowest BCUT2D eigenvalue weighted by Crippen LogP contribution is -2.45. The monoisotopic (exact) mass is 314 g/mol. The number of aliphatic hydroxyl groups is 1. The quantitative estimate of drug-likeness (QED) is 0.780. The summed E-state index contributed by atoms with van der Waals surface area (Å²) in [4.78, 5) is 11.5. The van der Waals surface area contributed by atoms with Crippen LogP contribution in [-0.2, 0) is 9.22 Å². The lowest BCUT2D eigenvalue weighted by atomic mass is 9.73. The molecule has 1 aliphatic carbocycles. The fourth-order valence-electron chi connectivity index (χ4n) is 2.84. The van der Waals surface area contributed by atoms with Gasteiger partial charge in [-0.25, -0.2) is 0 Å². The summed E-state index contributed by atoms with van der Waals surface area (Å²) in [5, 5.41) is 10.5. The lowest BCUT2D eigenvalue weighted by molar-refractivity contribution is -0.126. The molecule has 0 heterocycles. The van der Waals surface area contributed by atoms with Crippen molar-refractivity contribution in [2.45, 2.75) is 78.1 Å². The molecule has 3 atom stereocenters. The molecule has 124 valence electrons. The first kappa shape index (κ1) is 18.9. The summed E-state index contributed by atoms with van der Waals surface area (Å²) in [6, 6.07) is 0. The zero-order chi connectivity index (χ0) is 16.4. The van der Waals surface area contributed by atoms with E-state index in [9.17, 15) is 9.90 Å². The Morgan fingerprint density at radius 3 is 2.33 bits per heavy atom. The minimum absolute atomic E-state index is 0.201. The van der Waals surface area contributed by atoms with Gasteiger partial charge < -0.3 is 9.53 Å². The van der Waals surface area contributed by atoms with Gasteiger partial charge in [0, 0.05) is 19.4 Å². The van der Waals surface area contributed by atoms with Gasteiger partial charge in [0.05, 0.1) is 6.10 Å². The molecule has 0 aromatic carbocycles. The number of hydrogen-bond donors (Lipinski definition) is 1. The van der Waals surface area contributed by atoms with E-state index in [1.165, 1.54) is 0 Å². The van der Waals surface area contributed by atoms with Gasteiger partial charge >= 0.3 is 0 Å². The first-order chi connectivity index (χ1) is 9.45. The Hall–Kier alpha value is -0.193. The molecule has 1 saturated carbocycles. The minimum Gasteiger partial charge on any atom is -0.417 e. The first-order valence-electron chi connectivity index (χ1n) is 8.29. The maximum absolute atomic E-state index is 11.5. The second-order valence-corrected chi connectivity index (χ2v) is 13.3. The fraction of sp³-hybridized carbons (Fsp3) is 0.941. The molecule has 0 amide bonds. The van der Waals surface area contributed by atoms with Crippen LogP contribution in [0.25, 0.3) is 0 Å². The molecule has 21 heavy (non-hydrogen) atoms. The summed E-state index contributed by atoms with van der Waals surface area (Å²) in [5.74, 6) is 1.20. The van der Waals surface area contributed by atoms with Crippen LogP contribution < -0.4 is 0 Å². The van der Waals surface area contributed by atoms with Gasteiger partial charge in [-0.1, -0.05) is 34.6 Å². The van der Waals surface area contributed by atoms with Crippen LogP contribution in [0, 0.1) is 17.8 Å². The van der Waals surface area contributed by atoms with Crippen LogP contribution in [0.5, 0.6) is 0 Å². The maximum Gasteiger partial charge on any atom is 0.191 e. The molecule has 0 aromatic heterocycles. The number of hydrogen-bond acceptors (Lipinski definition) is 3.